The third-order valence-electron chi connectivity index (χ3n) is 2.66. The van der Waals surface area contributed by atoms with E-state index in [4.69, 9.17) is 5.73 Å². The predicted molar refractivity (Wildman–Crippen MR) is 53.1 cm³/mol. The predicted octanol–water partition coefficient (Wildman–Crippen LogP) is 1.46. The van der Waals surface area contributed by atoms with E-state index in [1.807, 2.05) is 0 Å². The quantitative estimate of drug-likeness (QED) is 0.694. The third-order valence-corrected chi connectivity index (χ3v) is 2.66. The number of nitrogens with two attached hydrogens (primary N) is 1. The Morgan fingerprint density at radius 1 is 1.50 bits per heavy atom. The van der Waals surface area contributed by atoms with Crippen molar-refractivity contribution in [1.29, 1.82) is 0 Å². The maximum absolute atomic E-state index is 5.71. The molecule has 0 radical (unpaired) electrons. The van der Waals surface area contributed by atoms with Gasteiger partial charge in [-0.2, -0.15) is 0 Å². The molecular weight excluding hydrogens is 148 g/mol. The fourth-order valence-electron chi connectivity index (χ4n) is 1.80. The fraction of sp³-hybridized carbons (Fsp3) is 1.00. The van der Waals surface area contributed by atoms with Crippen LogP contribution in [0.25, 0.3) is 0 Å². The van der Waals surface area contributed by atoms with E-state index in [2.05, 4.69) is 25.7 Å². The normalized spacial score (nSPS) is 26.0. The molecule has 0 spiro atoms. The minimum Gasteiger partial charge on any atom is -0.328 e. The Morgan fingerprint density at radius 3 is 2.58 bits per heavy atom. The Hall–Kier alpha value is -0.0800. The summed E-state index contributed by atoms with van der Waals surface area (Å²) in [5.74, 6) is 0. The van der Waals surface area contributed by atoms with E-state index >= 15 is 0 Å². The zero-order valence-corrected chi connectivity index (χ0v) is 8.64. The average Bonchev–Trinajstić information content (AvgIpc) is 2.26. The molecule has 12 heavy (non-hydrogen) atoms. The van der Waals surface area contributed by atoms with Crippen LogP contribution >= 0.6 is 0 Å². The minimum atomic E-state index is 0.355. The Balaban J connectivity index is 2.20. The van der Waals surface area contributed by atoms with Gasteiger partial charge in [-0.05, 0) is 38.3 Å². The van der Waals surface area contributed by atoms with Crippen molar-refractivity contribution in [2.24, 2.45) is 11.1 Å². The molecule has 1 fully saturated rings. The Kier molecular flexibility index (Phi) is 3.13. The topological polar surface area (TPSA) is 29.3 Å². The fourth-order valence-corrected chi connectivity index (χ4v) is 1.80. The summed E-state index contributed by atoms with van der Waals surface area (Å²) < 4.78 is 0. The zero-order chi connectivity index (χ0) is 9.19. The number of nitrogens with zero attached hydrogens (tertiary/aromatic N) is 1. The average molecular weight is 170 g/mol. The van der Waals surface area contributed by atoms with E-state index in [9.17, 15) is 0 Å². The zero-order valence-electron chi connectivity index (χ0n) is 8.64. The molecule has 1 atom stereocenters. The first-order chi connectivity index (χ1) is 5.49. The van der Waals surface area contributed by atoms with Crippen molar-refractivity contribution in [3.05, 3.63) is 0 Å². The molecule has 1 heterocycles. The summed E-state index contributed by atoms with van der Waals surface area (Å²) in [4.78, 5) is 2.53. The van der Waals surface area contributed by atoms with Crippen molar-refractivity contribution in [2.75, 3.05) is 19.6 Å². The maximum Gasteiger partial charge on any atom is 0.00332 e. The molecule has 1 aliphatic heterocycles. The van der Waals surface area contributed by atoms with Crippen LogP contribution in [0.3, 0.4) is 0 Å². The second-order valence-corrected chi connectivity index (χ2v) is 4.96. The summed E-state index contributed by atoms with van der Waals surface area (Å²) in [7, 11) is 0. The summed E-state index contributed by atoms with van der Waals surface area (Å²) in [5, 5.41) is 0. The Labute approximate surface area is 76.1 Å². The van der Waals surface area contributed by atoms with Gasteiger partial charge in [0.15, 0.2) is 0 Å². The summed E-state index contributed by atoms with van der Waals surface area (Å²) in [6.45, 7) is 10.5. The molecule has 1 aliphatic rings. The number of hydrogen-bond acceptors (Lipinski definition) is 2. The standard InChI is InChI=1S/C10H22N2/c1-9(11)4-6-12-7-5-10(2,3)8-12/h9H,4-8,11H2,1-3H3. The van der Waals surface area contributed by atoms with Gasteiger partial charge in [0.1, 0.15) is 0 Å². The highest BCUT2D eigenvalue weighted by atomic mass is 15.1. The first-order valence-corrected chi connectivity index (χ1v) is 4.97. The minimum absolute atomic E-state index is 0.355. The summed E-state index contributed by atoms with van der Waals surface area (Å²) in [6.07, 6.45) is 2.47. The molecule has 2 heteroatoms. The highest BCUT2D eigenvalue weighted by Gasteiger charge is 2.28. The third kappa shape index (κ3) is 3.11. The van der Waals surface area contributed by atoms with Gasteiger partial charge in [-0.1, -0.05) is 13.8 Å². The van der Waals surface area contributed by atoms with Crippen LogP contribution in [0.15, 0.2) is 0 Å². The van der Waals surface area contributed by atoms with Gasteiger partial charge in [0.25, 0.3) is 0 Å². The molecule has 1 rings (SSSR count). The maximum atomic E-state index is 5.71. The van der Waals surface area contributed by atoms with E-state index < -0.39 is 0 Å². The van der Waals surface area contributed by atoms with Gasteiger partial charge in [0, 0.05) is 12.6 Å². The highest BCUT2D eigenvalue weighted by molar-refractivity contribution is 4.82. The van der Waals surface area contributed by atoms with Gasteiger partial charge in [-0.15, -0.1) is 0 Å². The lowest BCUT2D eigenvalue weighted by Crippen LogP contribution is -2.28. The number of hydrogen-bond donors (Lipinski definition) is 1. The van der Waals surface area contributed by atoms with Gasteiger partial charge in [-0.25, -0.2) is 0 Å². The molecule has 0 aliphatic carbocycles. The van der Waals surface area contributed by atoms with Crippen LogP contribution in [0.4, 0.5) is 0 Å². The van der Waals surface area contributed by atoms with Crippen LogP contribution in [-0.4, -0.2) is 30.6 Å². The smallest absolute Gasteiger partial charge is 0.00332 e. The van der Waals surface area contributed by atoms with Gasteiger partial charge in [-0.3, -0.25) is 0 Å². The molecule has 0 aromatic rings. The van der Waals surface area contributed by atoms with E-state index in [0.29, 0.717) is 11.5 Å². The summed E-state index contributed by atoms with van der Waals surface area (Å²) in [6, 6.07) is 0.355. The Bertz CT molecular complexity index is 141. The molecular formula is C10H22N2. The van der Waals surface area contributed by atoms with Crippen molar-refractivity contribution < 1.29 is 0 Å². The second-order valence-electron chi connectivity index (χ2n) is 4.96. The van der Waals surface area contributed by atoms with E-state index in [-0.39, 0.29) is 0 Å². The SMILES string of the molecule is CC(N)CCN1CCC(C)(C)C1. The van der Waals surface area contributed by atoms with Crippen molar-refractivity contribution in [1.82, 2.24) is 4.90 Å². The van der Waals surface area contributed by atoms with Crippen LogP contribution < -0.4 is 5.73 Å². The monoisotopic (exact) mass is 170 g/mol. The Morgan fingerprint density at radius 2 is 2.17 bits per heavy atom. The number of likely N-dealkylation sites (tertiary alicyclic amines) is 1. The summed E-state index contributed by atoms with van der Waals surface area (Å²) >= 11 is 0. The lowest BCUT2D eigenvalue weighted by molar-refractivity contribution is 0.282. The van der Waals surface area contributed by atoms with E-state index in [1.54, 1.807) is 0 Å². The molecule has 0 bridgehead atoms. The lowest BCUT2D eigenvalue weighted by atomic mass is 9.93. The largest absolute Gasteiger partial charge is 0.328 e. The van der Waals surface area contributed by atoms with E-state index in [1.165, 1.54) is 26.1 Å². The summed E-state index contributed by atoms with van der Waals surface area (Å²) in [5.41, 5.74) is 6.25. The first-order valence-electron chi connectivity index (χ1n) is 4.97. The van der Waals surface area contributed by atoms with Crippen LogP contribution in [0, 0.1) is 5.41 Å². The van der Waals surface area contributed by atoms with Crippen molar-refractivity contribution in [3.63, 3.8) is 0 Å². The second kappa shape index (κ2) is 3.75. The van der Waals surface area contributed by atoms with Crippen LogP contribution in [0.1, 0.15) is 33.6 Å². The molecule has 72 valence electrons. The molecule has 0 aromatic carbocycles. The van der Waals surface area contributed by atoms with Crippen molar-refractivity contribution in [2.45, 2.75) is 39.7 Å². The van der Waals surface area contributed by atoms with Gasteiger partial charge in [0.05, 0.1) is 0 Å². The molecule has 2 N–H and O–H groups in total. The van der Waals surface area contributed by atoms with Crippen molar-refractivity contribution in [3.8, 4) is 0 Å². The van der Waals surface area contributed by atoms with Crippen LogP contribution in [0.2, 0.25) is 0 Å². The highest BCUT2D eigenvalue weighted by Crippen LogP contribution is 2.28. The van der Waals surface area contributed by atoms with Crippen LogP contribution in [-0.2, 0) is 0 Å². The van der Waals surface area contributed by atoms with Gasteiger partial charge < -0.3 is 10.6 Å². The van der Waals surface area contributed by atoms with Gasteiger partial charge >= 0.3 is 0 Å². The van der Waals surface area contributed by atoms with Crippen molar-refractivity contribution >= 4 is 0 Å². The molecule has 0 amide bonds. The molecule has 0 aromatic heterocycles. The molecule has 1 unspecified atom stereocenters. The first kappa shape index (κ1) is 10.0. The number of rotatable bonds is 3. The molecule has 0 saturated carbocycles. The van der Waals surface area contributed by atoms with Gasteiger partial charge in [0.2, 0.25) is 0 Å². The lowest BCUT2D eigenvalue weighted by Gasteiger charge is -2.20. The molecule has 2 nitrogen and oxygen atoms in total. The van der Waals surface area contributed by atoms with Crippen LogP contribution in [0.5, 0.6) is 0 Å². The molecule has 1 saturated heterocycles. The van der Waals surface area contributed by atoms with E-state index in [0.717, 1.165) is 6.42 Å².